The Balaban J connectivity index is 2.03. The monoisotopic (exact) mass is 577 g/mol. The fourth-order valence-corrected chi connectivity index (χ4v) is 5.78. The summed E-state index contributed by atoms with van der Waals surface area (Å²) in [4.78, 5) is 32.9. The lowest BCUT2D eigenvalue weighted by Gasteiger charge is -2.23. The first-order chi connectivity index (χ1) is 19.1. The average molecular weight is 578 g/mol. The molecule has 0 fully saturated rings. The summed E-state index contributed by atoms with van der Waals surface area (Å²) in [5, 5.41) is 15.8. The van der Waals surface area contributed by atoms with Crippen molar-refractivity contribution in [3.8, 4) is 27.5 Å². The Morgan fingerprint density at radius 2 is 1.73 bits per heavy atom. The Morgan fingerprint density at radius 1 is 1.07 bits per heavy atom. The van der Waals surface area contributed by atoms with Gasteiger partial charge in [0.25, 0.3) is 11.5 Å². The summed E-state index contributed by atoms with van der Waals surface area (Å²) < 4.78 is 1.76. The minimum absolute atomic E-state index is 0.109. The predicted octanol–water partition coefficient (Wildman–Crippen LogP) is 6.72. The second-order valence-corrected chi connectivity index (χ2v) is 11.7. The van der Waals surface area contributed by atoms with Crippen molar-refractivity contribution in [2.24, 2.45) is 5.92 Å². The number of aromatic nitrogens is 2. The lowest BCUT2D eigenvalue weighted by molar-refractivity contribution is 0.0922. The van der Waals surface area contributed by atoms with Crippen molar-refractivity contribution in [3.05, 3.63) is 91.7 Å². The van der Waals surface area contributed by atoms with Crippen molar-refractivity contribution in [1.29, 1.82) is 0 Å². The van der Waals surface area contributed by atoms with Crippen LogP contribution in [0.3, 0.4) is 0 Å². The molecular weight excluding hydrogens is 542 g/mol. The standard InChI is InChI=1S/C32H36ClN3O3S/c1-6-21-9-8-10-22(7-2)29(21)36-28(15-19(3)4)25(30(38)34-17-20(5)37)16-26(32(36)39)31-35-27(18-40-31)23-11-13-24(33)14-12-23/h8-14,16,18-20,37H,6-7,15,17H2,1-5H3,(H,34,38). The summed E-state index contributed by atoms with van der Waals surface area (Å²) in [7, 11) is 0. The number of benzene rings is 2. The van der Waals surface area contributed by atoms with Crippen LogP contribution in [0.25, 0.3) is 27.5 Å². The van der Waals surface area contributed by atoms with Gasteiger partial charge in [-0.25, -0.2) is 4.98 Å². The number of aliphatic hydroxyl groups excluding tert-OH is 1. The van der Waals surface area contributed by atoms with Gasteiger partial charge < -0.3 is 10.4 Å². The van der Waals surface area contributed by atoms with E-state index in [4.69, 9.17) is 16.6 Å². The van der Waals surface area contributed by atoms with Gasteiger partial charge in [-0.1, -0.05) is 69.6 Å². The average Bonchev–Trinajstić information content (AvgIpc) is 3.42. The van der Waals surface area contributed by atoms with Gasteiger partial charge in [0, 0.05) is 28.2 Å². The van der Waals surface area contributed by atoms with Gasteiger partial charge in [-0.15, -0.1) is 11.3 Å². The smallest absolute Gasteiger partial charge is 0.265 e. The molecule has 2 aromatic carbocycles. The van der Waals surface area contributed by atoms with E-state index in [2.05, 4.69) is 33.0 Å². The minimum Gasteiger partial charge on any atom is -0.392 e. The zero-order chi connectivity index (χ0) is 29.0. The number of hydrogen-bond acceptors (Lipinski definition) is 5. The van der Waals surface area contributed by atoms with Gasteiger partial charge in [-0.05, 0) is 61.4 Å². The van der Waals surface area contributed by atoms with Crippen LogP contribution in [0.15, 0.2) is 58.7 Å². The molecule has 0 radical (unpaired) electrons. The number of para-hydroxylation sites is 1. The largest absolute Gasteiger partial charge is 0.392 e. The van der Waals surface area contributed by atoms with Crippen LogP contribution < -0.4 is 10.9 Å². The highest BCUT2D eigenvalue weighted by atomic mass is 35.5. The number of nitrogens with one attached hydrogen (secondary N) is 1. The minimum atomic E-state index is -0.698. The second kappa shape index (κ2) is 12.9. The third-order valence-electron chi connectivity index (χ3n) is 6.77. The molecule has 0 aliphatic carbocycles. The molecule has 1 atom stereocenters. The van der Waals surface area contributed by atoms with Crippen LogP contribution in [0.2, 0.25) is 5.02 Å². The van der Waals surface area contributed by atoms with Crippen LogP contribution in [0.4, 0.5) is 0 Å². The number of carbonyl (C=O) groups excluding carboxylic acids is 1. The molecule has 1 unspecified atom stereocenters. The molecular formula is C32H36ClN3O3S. The van der Waals surface area contributed by atoms with Gasteiger partial charge in [0.05, 0.1) is 28.6 Å². The molecule has 40 heavy (non-hydrogen) atoms. The lowest BCUT2D eigenvalue weighted by Crippen LogP contribution is -2.35. The number of aliphatic hydroxyl groups is 1. The third kappa shape index (κ3) is 6.38. The van der Waals surface area contributed by atoms with Gasteiger partial charge in [0.15, 0.2) is 0 Å². The molecule has 0 saturated carbocycles. The summed E-state index contributed by atoms with van der Waals surface area (Å²) in [5.74, 6) is -0.136. The molecule has 2 N–H and O–H groups in total. The highest BCUT2D eigenvalue weighted by molar-refractivity contribution is 7.13. The van der Waals surface area contributed by atoms with Crippen molar-refractivity contribution >= 4 is 28.8 Å². The van der Waals surface area contributed by atoms with Crippen LogP contribution in [-0.2, 0) is 19.3 Å². The van der Waals surface area contributed by atoms with E-state index in [-0.39, 0.29) is 23.9 Å². The Kier molecular flexibility index (Phi) is 9.61. The molecule has 0 spiro atoms. The van der Waals surface area contributed by atoms with Gasteiger partial charge in [-0.2, -0.15) is 0 Å². The first-order valence-electron chi connectivity index (χ1n) is 13.7. The molecule has 4 aromatic rings. The highest BCUT2D eigenvalue weighted by Gasteiger charge is 2.25. The first kappa shape index (κ1) is 29.7. The molecule has 2 heterocycles. The normalized spacial score (nSPS) is 12.1. The maximum Gasteiger partial charge on any atom is 0.265 e. The molecule has 2 aromatic heterocycles. The molecule has 4 rings (SSSR count). The number of hydrogen-bond donors (Lipinski definition) is 2. The van der Waals surface area contributed by atoms with Crippen molar-refractivity contribution in [1.82, 2.24) is 14.9 Å². The van der Waals surface area contributed by atoms with E-state index < -0.39 is 6.10 Å². The van der Waals surface area contributed by atoms with Crippen molar-refractivity contribution in [3.63, 3.8) is 0 Å². The van der Waals surface area contributed by atoms with E-state index in [1.807, 2.05) is 47.8 Å². The number of aryl methyl sites for hydroxylation is 2. The summed E-state index contributed by atoms with van der Waals surface area (Å²) in [6.45, 7) is 10.0. The van der Waals surface area contributed by atoms with E-state index in [0.29, 0.717) is 33.3 Å². The second-order valence-electron chi connectivity index (χ2n) is 10.4. The van der Waals surface area contributed by atoms with Gasteiger partial charge in [-0.3, -0.25) is 14.2 Å². The molecule has 0 bridgehead atoms. The van der Waals surface area contributed by atoms with E-state index in [0.717, 1.165) is 40.9 Å². The number of nitrogens with zero attached hydrogens (tertiary/aromatic N) is 2. The van der Waals surface area contributed by atoms with Gasteiger partial charge in [0.1, 0.15) is 5.01 Å². The lowest BCUT2D eigenvalue weighted by atomic mass is 9.97. The van der Waals surface area contributed by atoms with Crippen LogP contribution in [0, 0.1) is 5.92 Å². The topological polar surface area (TPSA) is 84.2 Å². The Morgan fingerprint density at radius 3 is 2.30 bits per heavy atom. The van der Waals surface area contributed by atoms with Crippen molar-refractivity contribution in [2.45, 2.75) is 60.0 Å². The highest BCUT2D eigenvalue weighted by Crippen LogP contribution is 2.31. The predicted molar refractivity (Wildman–Crippen MR) is 165 cm³/mol. The number of thiazole rings is 1. The SMILES string of the molecule is CCc1cccc(CC)c1-n1c(CC(C)C)c(C(=O)NCC(C)O)cc(-c2nc(-c3ccc(Cl)cc3)cs2)c1=O. The molecule has 0 saturated heterocycles. The molecule has 0 aliphatic rings. The fraction of sp³-hybridized carbons (Fsp3) is 0.344. The number of halogens is 1. The third-order valence-corrected chi connectivity index (χ3v) is 7.90. The van der Waals surface area contributed by atoms with Crippen molar-refractivity contribution in [2.75, 3.05) is 6.54 Å². The first-order valence-corrected chi connectivity index (χ1v) is 15.0. The molecule has 0 aliphatic heterocycles. The number of amides is 1. The van der Waals surface area contributed by atoms with E-state index in [1.165, 1.54) is 11.3 Å². The molecule has 6 nitrogen and oxygen atoms in total. The van der Waals surface area contributed by atoms with E-state index in [9.17, 15) is 14.7 Å². The molecule has 210 valence electrons. The van der Waals surface area contributed by atoms with Gasteiger partial charge >= 0.3 is 0 Å². The Bertz CT molecular complexity index is 1530. The van der Waals surface area contributed by atoms with Gasteiger partial charge in [0.2, 0.25) is 0 Å². The number of carbonyl (C=O) groups is 1. The van der Waals surface area contributed by atoms with Crippen molar-refractivity contribution < 1.29 is 9.90 Å². The zero-order valence-electron chi connectivity index (χ0n) is 23.6. The van der Waals surface area contributed by atoms with Crippen LogP contribution in [0.1, 0.15) is 61.8 Å². The van der Waals surface area contributed by atoms with Crippen LogP contribution >= 0.6 is 22.9 Å². The maximum atomic E-state index is 14.5. The summed E-state index contributed by atoms with van der Waals surface area (Å²) in [6, 6.07) is 15.2. The Labute approximate surface area is 244 Å². The number of rotatable bonds is 10. The van der Waals surface area contributed by atoms with Crippen LogP contribution in [0.5, 0.6) is 0 Å². The summed E-state index contributed by atoms with van der Waals surface area (Å²) in [5.41, 5.74) is 5.80. The molecule has 8 heteroatoms. The van der Waals surface area contributed by atoms with E-state index >= 15 is 0 Å². The zero-order valence-corrected chi connectivity index (χ0v) is 25.2. The summed E-state index contributed by atoms with van der Waals surface area (Å²) >= 11 is 7.44. The number of pyridine rings is 1. The Hall–Kier alpha value is -3.26. The quantitative estimate of drug-likeness (QED) is 0.219. The maximum absolute atomic E-state index is 14.5. The van der Waals surface area contributed by atoms with E-state index in [1.54, 1.807) is 17.6 Å². The summed E-state index contributed by atoms with van der Waals surface area (Å²) in [6.07, 6.45) is 1.31. The fourth-order valence-electron chi connectivity index (χ4n) is 4.82. The molecule has 1 amide bonds. The van der Waals surface area contributed by atoms with Crippen LogP contribution in [-0.4, -0.2) is 33.2 Å².